The number of hydrogen-bond acceptors (Lipinski definition) is 4. The van der Waals surface area contributed by atoms with Crippen molar-refractivity contribution in [1.29, 1.82) is 0 Å². The quantitative estimate of drug-likeness (QED) is 0.348. The van der Waals surface area contributed by atoms with Gasteiger partial charge in [0.25, 0.3) is 5.69 Å². The molecule has 5 heteroatoms. The molecule has 90 valence electrons. The molecule has 0 radical (unpaired) electrons. The number of carbonyl (C=O) groups is 1. The van der Waals surface area contributed by atoms with Crippen LogP contribution in [0.25, 0.3) is 6.08 Å². The number of carbonyl (C=O) groups excluding carboxylic acids is 1. The van der Waals surface area contributed by atoms with Gasteiger partial charge in [-0.2, -0.15) is 0 Å². The average molecular weight is 235 g/mol. The summed E-state index contributed by atoms with van der Waals surface area (Å²) >= 11 is 0. The summed E-state index contributed by atoms with van der Waals surface area (Å²) in [5.41, 5.74) is 1.35. The topological polar surface area (TPSA) is 69.4 Å². The van der Waals surface area contributed by atoms with E-state index < -0.39 is 10.9 Å². The second kappa shape index (κ2) is 5.79. The summed E-state index contributed by atoms with van der Waals surface area (Å²) in [6.45, 7) is 3.70. The number of nitro benzene ring substituents is 1. The fourth-order valence-electron chi connectivity index (χ4n) is 1.34. The van der Waals surface area contributed by atoms with Crippen LogP contribution in [-0.2, 0) is 9.53 Å². The smallest absolute Gasteiger partial charge is 0.330 e. The van der Waals surface area contributed by atoms with E-state index >= 15 is 0 Å². The molecular weight excluding hydrogens is 222 g/mol. The Morgan fingerprint density at radius 3 is 2.76 bits per heavy atom. The largest absolute Gasteiger partial charge is 0.463 e. The zero-order chi connectivity index (χ0) is 12.8. The fourth-order valence-corrected chi connectivity index (χ4v) is 1.34. The molecule has 0 fully saturated rings. The Labute approximate surface area is 98.9 Å². The van der Waals surface area contributed by atoms with Crippen molar-refractivity contribution in [2.24, 2.45) is 0 Å². The Morgan fingerprint density at radius 2 is 2.24 bits per heavy atom. The monoisotopic (exact) mass is 235 g/mol. The second-order valence-electron chi connectivity index (χ2n) is 3.39. The summed E-state index contributed by atoms with van der Waals surface area (Å²) in [4.78, 5) is 21.2. The van der Waals surface area contributed by atoms with E-state index in [4.69, 9.17) is 4.74 Å². The van der Waals surface area contributed by atoms with Crippen LogP contribution in [0.3, 0.4) is 0 Å². The van der Waals surface area contributed by atoms with Gasteiger partial charge in [0.15, 0.2) is 0 Å². The van der Waals surface area contributed by atoms with E-state index in [2.05, 4.69) is 0 Å². The van der Waals surface area contributed by atoms with Crippen molar-refractivity contribution < 1.29 is 14.5 Å². The Hall–Kier alpha value is -2.17. The van der Waals surface area contributed by atoms with E-state index in [0.717, 1.165) is 5.56 Å². The molecule has 0 atom stereocenters. The van der Waals surface area contributed by atoms with Crippen LogP contribution < -0.4 is 0 Å². The number of rotatable bonds is 4. The third-order valence-electron chi connectivity index (χ3n) is 2.12. The van der Waals surface area contributed by atoms with E-state index in [1.54, 1.807) is 32.1 Å². The molecule has 0 aliphatic carbocycles. The second-order valence-corrected chi connectivity index (χ2v) is 3.39. The van der Waals surface area contributed by atoms with Crippen molar-refractivity contribution in [1.82, 2.24) is 0 Å². The molecule has 0 amide bonds. The highest BCUT2D eigenvalue weighted by Crippen LogP contribution is 2.19. The molecule has 1 aromatic rings. The molecule has 0 heterocycles. The predicted molar refractivity (Wildman–Crippen MR) is 63.5 cm³/mol. The maximum atomic E-state index is 11.1. The SMILES string of the molecule is CCOC(=O)/C=C/c1ccc([N+](=O)[O-])c(C)c1. The van der Waals surface area contributed by atoms with E-state index in [-0.39, 0.29) is 5.69 Å². The van der Waals surface area contributed by atoms with E-state index in [1.165, 1.54) is 12.1 Å². The van der Waals surface area contributed by atoms with Crippen molar-refractivity contribution >= 4 is 17.7 Å². The number of hydrogen-bond donors (Lipinski definition) is 0. The first-order chi connectivity index (χ1) is 8.04. The van der Waals surface area contributed by atoms with Crippen LogP contribution in [0.4, 0.5) is 5.69 Å². The summed E-state index contributed by atoms with van der Waals surface area (Å²) < 4.78 is 4.72. The Bertz CT molecular complexity index is 466. The number of nitrogens with zero attached hydrogens (tertiary/aromatic N) is 1. The van der Waals surface area contributed by atoms with E-state index in [1.807, 2.05) is 0 Å². The van der Waals surface area contributed by atoms with Gasteiger partial charge in [-0.05, 0) is 37.6 Å². The van der Waals surface area contributed by atoms with Crippen LogP contribution in [0.2, 0.25) is 0 Å². The van der Waals surface area contributed by atoms with Gasteiger partial charge in [0.05, 0.1) is 11.5 Å². The molecule has 0 aromatic heterocycles. The van der Waals surface area contributed by atoms with Gasteiger partial charge >= 0.3 is 5.97 Å². The third-order valence-corrected chi connectivity index (χ3v) is 2.12. The molecule has 0 unspecified atom stereocenters. The third kappa shape index (κ3) is 3.71. The summed E-state index contributed by atoms with van der Waals surface area (Å²) in [7, 11) is 0. The zero-order valence-corrected chi connectivity index (χ0v) is 9.67. The minimum Gasteiger partial charge on any atom is -0.463 e. The normalized spacial score (nSPS) is 10.5. The minimum absolute atomic E-state index is 0.0679. The van der Waals surface area contributed by atoms with Crippen LogP contribution in [0, 0.1) is 17.0 Å². The molecule has 1 aromatic carbocycles. The first-order valence-corrected chi connectivity index (χ1v) is 5.14. The predicted octanol–water partition coefficient (Wildman–Crippen LogP) is 2.48. The van der Waals surface area contributed by atoms with Gasteiger partial charge in [-0.25, -0.2) is 4.79 Å². The molecule has 0 saturated carbocycles. The maximum Gasteiger partial charge on any atom is 0.330 e. The lowest BCUT2D eigenvalue weighted by Crippen LogP contribution is -1.98. The van der Waals surface area contributed by atoms with E-state index in [9.17, 15) is 14.9 Å². The van der Waals surface area contributed by atoms with E-state index in [0.29, 0.717) is 12.2 Å². The lowest BCUT2D eigenvalue weighted by molar-refractivity contribution is -0.385. The molecule has 0 aliphatic heterocycles. The Kier molecular flexibility index (Phi) is 4.39. The summed E-state index contributed by atoms with van der Waals surface area (Å²) in [5.74, 6) is -0.427. The zero-order valence-electron chi connectivity index (χ0n) is 9.67. The van der Waals surface area contributed by atoms with Crippen molar-refractivity contribution in [3.05, 3.63) is 45.5 Å². The molecule has 17 heavy (non-hydrogen) atoms. The molecule has 0 aliphatic rings. The van der Waals surface area contributed by atoms with Crippen LogP contribution in [0.1, 0.15) is 18.1 Å². The number of esters is 1. The van der Waals surface area contributed by atoms with Crippen molar-refractivity contribution in [2.75, 3.05) is 6.61 Å². The van der Waals surface area contributed by atoms with Gasteiger partial charge in [0.1, 0.15) is 0 Å². The van der Waals surface area contributed by atoms with Gasteiger partial charge < -0.3 is 4.74 Å². The van der Waals surface area contributed by atoms with Crippen molar-refractivity contribution in [3.8, 4) is 0 Å². The molecule has 0 saturated heterocycles. The van der Waals surface area contributed by atoms with Gasteiger partial charge in [-0.1, -0.05) is 0 Å². The first kappa shape index (κ1) is 12.9. The van der Waals surface area contributed by atoms with Gasteiger partial charge in [-0.15, -0.1) is 0 Å². The highest BCUT2D eigenvalue weighted by molar-refractivity contribution is 5.87. The lowest BCUT2D eigenvalue weighted by Gasteiger charge is -1.99. The molecule has 0 N–H and O–H groups in total. The lowest BCUT2D eigenvalue weighted by atomic mass is 10.1. The van der Waals surface area contributed by atoms with Gasteiger partial charge in [0, 0.05) is 17.7 Å². The highest BCUT2D eigenvalue weighted by Gasteiger charge is 2.09. The summed E-state index contributed by atoms with van der Waals surface area (Å²) in [6.07, 6.45) is 2.86. The maximum absolute atomic E-state index is 11.1. The molecule has 1 rings (SSSR count). The van der Waals surface area contributed by atoms with Crippen LogP contribution in [0.5, 0.6) is 0 Å². The van der Waals surface area contributed by atoms with Crippen LogP contribution >= 0.6 is 0 Å². The van der Waals surface area contributed by atoms with Crippen LogP contribution in [0.15, 0.2) is 24.3 Å². The Morgan fingerprint density at radius 1 is 1.53 bits per heavy atom. The van der Waals surface area contributed by atoms with Gasteiger partial charge in [0.2, 0.25) is 0 Å². The highest BCUT2D eigenvalue weighted by atomic mass is 16.6. The number of benzene rings is 1. The van der Waals surface area contributed by atoms with Crippen molar-refractivity contribution in [2.45, 2.75) is 13.8 Å². The van der Waals surface area contributed by atoms with Gasteiger partial charge in [-0.3, -0.25) is 10.1 Å². The molecule has 0 bridgehead atoms. The standard InChI is InChI=1S/C12H13NO4/c1-3-17-12(14)7-5-10-4-6-11(13(15)16)9(2)8-10/h4-8H,3H2,1-2H3/b7-5+. The number of nitro groups is 1. The fraction of sp³-hybridized carbons (Fsp3) is 0.250. The molecule has 0 spiro atoms. The Balaban J connectivity index is 2.84. The van der Waals surface area contributed by atoms with Crippen molar-refractivity contribution in [3.63, 3.8) is 0 Å². The molecular formula is C12H13NO4. The number of aryl methyl sites for hydroxylation is 1. The summed E-state index contributed by atoms with van der Waals surface area (Å²) in [6, 6.07) is 4.65. The first-order valence-electron chi connectivity index (χ1n) is 5.14. The minimum atomic E-state index is -0.436. The molecule has 5 nitrogen and oxygen atoms in total. The average Bonchev–Trinajstić information content (AvgIpc) is 2.26. The number of ether oxygens (including phenoxy) is 1. The van der Waals surface area contributed by atoms with Crippen LogP contribution in [-0.4, -0.2) is 17.5 Å². The summed E-state index contributed by atoms with van der Waals surface area (Å²) in [5, 5.41) is 10.6.